The van der Waals surface area contributed by atoms with Crippen molar-refractivity contribution in [3.8, 4) is 16.2 Å². The van der Waals surface area contributed by atoms with Gasteiger partial charge in [-0.1, -0.05) is 11.3 Å². The third-order valence-electron chi connectivity index (χ3n) is 2.63. The molecular weight excluding hydrogens is 248 g/mol. The number of carbonyl (C=O) groups is 1. The summed E-state index contributed by atoms with van der Waals surface area (Å²) in [5.74, 6) is 0.743. The van der Waals surface area contributed by atoms with Gasteiger partial charge in [0.05, 0.1) is 12.0 Å². The summed E-state index contributed by atoms with van der Waals surface area (Å²) in [5.41, 5.74) is 8.06. The Labute approximate surface area is 109 Å². The number of nitrogen functional groups attached to an aromatic ring is 1. The summed E-state index contributed by atoms with van der Waals surface area (Å²) < 4.78 is 5.21. The predicted molar refractivity (Wildman–Crippen MR) is 73.3 cm³/mol. The van der Waals surface area contributed by atoms with Crippen LogP contribution in [0.4, 0.5) is 5.13 Å². The van der Waals surface area contributed by atoms with Crippen LogP contribution in [-0.4, -0.2) is 17.9 Å². The third kappa shape index (κ3) is 2.22. The first kappa shape index (κ1) is 12.6. The molecule has 2 rings (SSSR count). The lowest BCUT2D eigenvalue weighted by Crippen LogP contribution is -1.96. The van der Waals surface area contributed by atoms with Crippen LogP contribution in [0, 0.1) is 6.92 Å². The fourth-order valence-electron chi connectivity index (χ4n) is 1.79. The molecule has 0 unspecified atom stereocenters. The molecule has 1 aromatic heterocycles. The molecular formula is C13H14N2O2S. The average molecular weight is 262 g/mol. The molecule has 1 heterocycles. The van der Waals surface area contributed by atoms with Crippen molar-refractivity contribution in [2.24, 2.45) is 0 Å². The quantitative estimate of drug-likeness (QED) is 0.864. The van der Waals surface area contributed by atoms with E-state index in [4.69, 9.17) is 10.5 Å². The second-order valence-electron chi connectivity index (χ2n) is 3.97. The van der Waals surface area contributed by atoms with Gasteiger partial charge < -0.3 is 10.5 Å². The minimum Gasteiger partial charge on any atom is -0.496 e. The number of hydrogen-bond donors (Lipinski definition) is 1. The molecule has 2 aromatic rings. The smallest absolute Gasteiger partial charge is 0.181 e. The van der Waals surface area contributed by atoms with Gasteiger partial charge in [-0.2, -0.15) is 0 Å². The van der Waals surface area contributed by atoms with E-state index in [1.807, 2.05) is 25.1 Å². The molecule has 18 heavy (non-hydrogen) atoms. The van der Waals surface area contributed by atoms with Crippen LogP contribution in [0.2, 0.25) is 0 Å². The second-order valence-corrected chi connectivity index (χ2v) is 5.00. The van der Waals surface area contributed by atoms with E-state index in [2.05, 4.69) is 4.98 Å². The zero-order valence-corrected chi connectivity index (χ0v) is 11.3. The fraction of sp³-hybridized carbons (Fsp3) is 0.231. The number of ether oxygens (including phenoxy) is 1. The zero-order valence-electron chi connectivity index (χ0n) is 10.5. The first-order chi connectivity index (χ1) is 8.52. The number of aryl methyl sites for hydroxylation is 1. The molecule has 4 nitrogen and oxygen atoms in total. The number of rotatable bonds is 3. The summed E-state index contributed by atoms with van der Waals surface area (Å²) in [4.78, 5) is 16.4. The van der Waals surface area contributed by atoms with Crippen molar-refractivity contribution in [3.05, 3.63) is 29.5 Å². The topological polar surface area (TPSA) is 65.2 Å². The van der Waals surface area contributed by atoms with Crippen LogP contribution in [0.3, 0.4) is 0 Å². The summed E-state index contributed by atoms with van der Waals surface area (Å²) in [7, 11) is 1.63. The standard InChI is InChI=1S/C13H14N2O2S/c1-7-6-9(4-5-10(7)17-3)12-11(8(2)16)15-13(14)18-12/h4-6H,1-3H3,(H2,14,15). The van der Waals surface area contributed by atoms with E-state index in [9.17, 15) is 4.79 Å². The molecule has 0 radical (unpaired) electrons. The number of aromatic nitrogens is 1. The summed E-state index contributed by atoms with van der Waals surface area (Å²) in [6.45, 7) is 3.45. The largest absolute Gasteiger partial charge is 0.496 e. The molecule has 1 aromatic carbocycles. The Hall–Kier alpha value is -1.88. The molecule has 0 bridgehead atoms. The van der Waals surface area contributed by atoms with Gasteiger partial charge >= 0.3 is 0 Å². The molecule has 0 saturated carbocycles. The lowest BCUT2D eigenvalue weighted by molar-refractivity contribution is 0.101. The van der Waals surface area contributed by atoms with Crippen molar-refractivity contribution in [2.45, 2.75) is 13.8 Å². The first-order valence-corrected chi connectivity index (χ1v) is 6.27. The van der Waals surface area contributed by atoms with Crippen molar-refractivity contribution in [2.75, 3.05) is 12.8 Å². The minimum atomic E-state index is -0.0774. The van der Waals surface area contributed by atoms with Crippen LogP contribution in [-0.2, 0) is 0 Å². The van der Waals surface area contributed by atoms with Gasteiger partial charge in [-0.05, 0) is 36.2 Å². The summed E-state index contributed by atoms with van der Waals surface area (Å²) in [6.07, 6.45) is 0. The van der Waals surface area contributed by atoms with Gasteiger partial charge in [0.25, 0.3) is 0 Å². The monoisotopic (exact) mass is 262 g/mol. The van der Waals surface area contributed by atoms with E-state index in [0.29, 0.717) is 10.8 Å². The number of nitrogens with two attached hydrogens (primary N) is 1. The van der Waals surface area contributed by atoms with Gasteiger partial charge in [-0.25, -0.2) is 4.98 Å². The second kappa shape index (κ2) is 4.78. The Balaban J connectivity index is 2.55. The Bertz CT molecular complexity index is 605. The van der Waals surface area contributed by atoms with Gasteiger partial charge in [0, 0.05) is 6.92 Å². The minimum absolute atomic E-state index is 0.0774. The average Bonchev–Trinajstić information content (AvgIpc) is 2.71. The van der Waals surface area contributed by atoms with Gasteiger partial charge in [-0.3, -0.25) is 4.79 Å². The van der Waals surface area contributed by atoms with Crippen LogP contribution in [0.25, 0.3) is 10.4 Å². The van der Waals surface area contributed by atoms with Crippen LogP contribution >= 0.6 is 11.3 Å². The van der Waals surface area contributed by atoms with Gasteiger partial charge in [0.15, 0.2) is 10.9 Å². The summed E-state index contributed by atoms with van der Waals surface area (Å²) >= 11 is 1.32. The molecule has 0 saturated heterocycles. The van der Waals surface area contributed by atoms with Crippen LogP contribution < -0.4 is 10.5 Å². The Kier molecular flexibility index (Phi) is 3.34. The number of nitrogens with zero attached hydrogens (tertiary/aromatic N) is 1. The Morgan fingerprint density at radius 3 is 2.72 bits per heavy atom. The normalized spacial score (nSPS) is 10.4. The number of anilines is 1. The molecule has 2 N–H and O–H groups in total. The maximum atomic E-state index is 11.5. The zero-order chi connectivity index (χ0) is 13.3. The van der Waals surface area contributed by atoms with Crippen molar-refractivity contribution < 1.29 is 9.53 Å². The summed E-state index contributed by atoms with van der Waals surface area (Å²) in [5, 5.41) is 0.406. The van der Waals surface area contributed by atoms with Crippen molar-refractivity contribution >= 4 is 22.3 Å². The van der Waals surface area contributed by atoms with Crippen LogP contribution in [0.15, 0.2) is 18.2 Å². The van der Waals surface area contributed by atoms with E-state index in [0.717, 1.165) is 21.8 Å². The number of methoxy groups -OCH3 is 1. The van der Waals surface area contributed by atoms with Gasteiger partial charge in [-0.15, -0.1) is 0 Å². The maximum absolute atomic E-state index is 11.5. The number of hydrogen-bond acceptors (Lipinski definition) is 5. The Morgan fingerprint density at radius 1 is 1.44 bits per heavy atom. The lowest BCUT2D eigenvalue weighted by atomic mass is 10.1. The molecule has 0 spiro atoms. The van der Waals surface area contributed by atoms with E-state index >= 15 is 0 Å². The predicted octanol–water partition coefficient (Wildman–Crippen LogP) is 2.91. The number of Topliss-reactive ketones (excluding diaryl/α,β-unsaturated/α-hetero) is 1. The van der Waals surface area contributed by atoms with Crippen LogP contribution in [0.1, 0.15) is 23.0 Å². The molecule has 0 aliphatic rings. The number of carbonyl (C=O) groups excluding carboxylic acids is 1. The van der Waals surface area contributed by atoms with Crippen LogP contribution in [0.5, 0.6) is 5.75 Å². The van der Waals surface area contributed by atoms with E-state index in [1.165, 1.54) is 18.3 Å². The molecule has 0 amide bonds. The highest BCUT2D eigenvalue weighted by atomic mass is 32.1. The highest BCUT2D eigenvalue weighted by molar-refractivity contribution is 7.19. The molecule has 0 aliphatic carbocycles. The fourth-order valence-corrected chi connectivity index (χ4v) is 2.67. The van der Waals surface area contributed by atoms with Crippen molar-refractivity contribution in [1.82, 2.24) is 4.98 Å². The van der Waals surface area contributed by atoms with E-state index < -0.39 is 0 Å². The van der Waals surface area contributed by atoms with E-state index in [1.54, 1.807) is 7.11 Å². The maximum Gasteiger partial charge on any atom is 0.181 e. The highest BCUT2D eigenvalue weighted by Gasteiger charge is 2.16. The highest BCUT2D eigenvalue weighted by Crippen LogP contribution is 2.34. The molecule has 5 heteroatoms. The lowest BCUT2D eigenvalue weighted by Gasteiger charge is -2.06. The number of thiazole rings is 1. The number of ketones is 1. The Morgan fingerprint density at radius 2 is 2.17 bits per heavy atom. The summed E-state index contributed by atoms with van der Waals surface area (Å²) in [6, 6.07) is 5.76. The van der Waals surface area contributed by atoms with Gasteiger partial charge in [0.2, 0.25) is 0 Å². The molecule has 94 valence electrons. The number of benzene rings is 1. The SMILES string of the molecule is COc1ccc(-c2sc(N)nc2C(C)=O)cc1C. The van der Waals surface area contributed by atoms with Crippen molar-refractivity contribution in [1.29, 1.82) is 0 Å². The van der Waals surface area contributed by atoms with E-state index in [-0.39, 0.29) is 5.78 Å². The molecule has 0 aliphatic heterocycles. The first-order valence-electron chi connectivity index (χ1n) is 5.45. The molecule has 0 fully saturated rings. The third-order valence-corrected chi connectivity index (χ3v) is 3.57. The van der Waals surface area contributed by atoms with Gasteiger partial charge in [0.1, 0.15) is 11.4 Å². The molecule has 0 atom stereocenters. The van der Waals surface area contributed by atoms with Crippen molar-refractivity contribution in [3.63, 3.8) is 0 Å².